The lowest BCUT2D eigenvalue weighted by Gasteiger charge is -2.06. The van der Waals surface area contributed by atoms with Crippen molar-refractivity contribution in [3.8, 4) is 17.2 Å². The van der Waals surface area contributed by atoms with E-state index in [0.717, 1.165) is 24.3 Å². The summed E-state index contributed by atoms with van der Waals surface area (Å²) < 4.78 is 5.81. The molecule has 0 saturated carbocycles. The number of hydrogen-bond donors (Lipinski definition) is 2. The molecule has 0 saturated heterocycles. The number of aliphatic imine (C=N–C) groups is 1. The zero-order chi connectivity index (χ0) is 25.8. The molecule has 0 radical (unpaired) electrons. The van der Waals surface area contributed by atoms with E-state index in [-0.39, 0.29) is 17.3 Å². The number of carbonyl (C=O) groups is 1. The molecule has 0 aliphatic heterocycles. The van der Waals surface area contributed by atoms with E-state index in [4.69, 9.17) is 4.74 Å². The highest BCUT2D eigenvalue weighted by molar-refractivity contribution is 6.07. The lowest BCUT2D eigenvalue weighted by Crippen LogP contribution is -1.97. The van der Waals surface area contributed by atoms with Gasteiger partial charge in [-0.1, -0.05) is 57.2 Å². The van der Waals surface area contributed by atoms with E-state index in [1.54, 1.807) is 49.4 Å². The van der Waals surface area contributed by atoms with Gasteiger partial charge in [0.25, 0.3) is 0 Å². The van der Waals surface area contributed by atoms with Crippen LogP contribution in [-0.4, -0.2) is 28.3 Å². The first kappa shape index (κ1) is 26.7. The molecule has 3 rings (SSSR count). The second-order valence-corrected chi connectivity index (χ2v) is 8.83. The van der Waals surface area contributed by atoms with Crippen LogP contribution < -0.4 is 4.74 Å². The topological polar surface area (TPSA) is 79.1 Å². The van der Waals surface area contributed by atoms with Crippen LogP contribution in [0, 0.1) is 0 Å². The fourth-order valence-corrected chi connectivity index (χ4v) is 3.80. The molecule has 3 aromatic rings. The number of rotatable bonds is 13. The first-order valence-corrected chi connectivity index (χ1v) is 12.6. The number of benzene rings is 3. The van der Waals surface area contributed by atoms with Crippen LogP contribution in [0.4, 0.5) is 5.69 Å². The summed E-state index contributed by atoms with van der Waals surface area (Å²) in [6.07, 6.45) is 10.8. The Hall–Kier alpha value is -3.86. The summed E-state index contributed by atoms with van der Waals surface area (Å²) in [6.45, 7) is 4.73. The smallest absolute Gasteiger partial charge is 0.185 e. The van der Waals surface area contributed by atoms with Crippen LogP contribution >= 0.6 is 0 Å². The average Bonchev–Trinajstić information content (AvgIpc) is 2.88. The number of hydrogen-bond acceptors (Lipinski definition) is 5. The second-order valence-electron chi connectivity index (χ2n) is 8.83. The van der Waals surface area contributed by atoms with Crippen molar-refractivity contribution in [2.24, 2.45) is 4.99 Å². The summed E-state index contributed by atoms with van der Waals surface area (Å²) in [5.41, 5.74) is 3.30. The van der Waals surface area contributed by atoms with E-state index in [1.165, 1.54) is 44.2 Å². The number of unbranched alkanes of at least 4 members (excludes halogenated alkanes) is 5. The molecule has 3 aromatic carbocycles. The molecule has 0 bridgehead atoms. The minimum Gasteiger partial charge on any atom is -0.508 e. The Morgan fingerprint density at radius 2 is 1.58 bits per heavy atom. The van der Waals surface area contributed by atoms with Gasteiger partial charge >= 0.3 is 0 Å². The van der Waals surface area contributed by atoms with Crippen LogP contribution in [0.2, 0.25) is 0 Å². The number of allylic oxidation sites excluding steroid dienone is 1. The first-order chi connectivity index (χ1) is 17.5. The quantitative estimate of drug-likeness (QED) is 0.112. The molecule has 5 heteroatoms. The molecule has 0 aromatic heterocycles. The van der Waals surface area contributed by atoms with Gasteiger partial charge in [0.05, 0.1) is 12.3 Å². The molecular weight excluding hydrogens is 450 g/mol. The third-order valence-corrected chi connectivity index (χ3v) is 5.89. The highest BCUT2D eigenvalue weighted by Crippen LogP contribution is 2.25. The van der Waals surface area contributed by atoms with Crippen molar-refractivity contribution >= 4 is 23.3 Å². The van der Waals surface area contributed by atoms with Gasteiger partial charge in [0.2, 0.25) is 0 Å². The maximum atomic E-state index is 12.6. The summed E-state index contributed by atoms with van der Waals surface area (Å²) in [7, 11) is 0. The Balaban J connectivity index is 1.50. The number of aromatic hydroxyl groups is 2. The molecule has 2 N–H and O–H groups in total. The van der Waals surface area contributed by atoms with Gasteiger partial charge in [0.1, 0.15) is 17.2 Å². The predicted octanol–water partition coefficient (Wildman–Crippen LogP) is 7.87. The normalized spacial score (nSPS) is 11.7. The maximum absolute atomic E-state index is 12.6. The molecule has 0 amide bonds. The molecular formula is C31H35NO4. The monoisotopic (exact) mass is 485 g/mol. The van der Waals surface area contributed by atoms with Gasteiger partial charge in [-0.25, -0.2) is 0 Å². The van der Waals surface area contributed by atoms with E-state index in [1.807, 2.05) is 24.3 Å². The SMILES string of the molecule is CCCCCCCCOc1ccc(C=CC(=O)c2ccc(N=C(C)c3ccc(O)cc3O)cc2)cc1. The highest BCUT2D eigenvalue weighted by Gasteiger charge is 2.07. The molecule has 0 fully saturated rings. The average molecular weight is 486 g/mol. The van der Waals surface area contributed by atoms with Crippen molar-refractivity contribution in [2.75, 3.05) is 6.61 Å². The standard InChI is InChI=1S/C31H35NO4/c1-3-4-5-6-7-8-21-36-28-17-9-24(10-18-28)11-20-30(34)25-12-14-26(15-13-25)32-23(2)29-19-16-27(33)22-31(29)35/h9-20,22,33,35H,3-8,21H2,1-2H3. The van der Waals surface area contributed by atoms with Gasteiger partial charge in [-0.05, 0) is 73.5 Å². The molecule has 0 aliphatic carbocycles. The van der Waals surface area contributed by atoms with Gasteiger partial charge in [0.15, 0.2) is 5.78 Å². The van der Waals surface area contributed by atoms with E-state index in [2.05, 4.69) is 11.9 Å². The second kappa shape index (κ2) is 13.9. The number of phenols is 2. The summed E-state index contributed by atoms with van der Waals surface area (Å²) in [5.74, 6) is 0.708. The molecule has 0 aliphatic rings. The van der Waals surface area contributed by atoms with E-state index in [0.29, 0.717) is 22.5 Å². The van der Waals surface area contributed by atoms with Crippen molar-refractivity contribution in [1.29, 1.82) is 0 Å². The van der Waals surface area contributed by atoms with Crippen molar-refractivity contribution < 1.29 is 19.7 Å². The first-order valence-electron chi connectivity index (χ1n) is 12.6. The minimum absolute atomic E-state index is 0.00672. The predicted molar refractivity (Wildman–Crippen MR) is 147 cm³/mol. The van der Waals surface area contributed by atoms with Crippen LogP contribution in [0.1, 0.15) is 73.9 Å². The van der Waals surface area contributed by atoms with Gasteiger partial charge < -0.3 is 14.9 Å². The summed E-state index contributed by atoms with van der Waals surface area (Å²) in [5, 5.41) is 19.5. The van der Waals surface area contributed by atoms with Crippen molar-refractivity contribution in [1.82, 2.24) is 0 Å². The molecule has 36 heavy (non-hydrogen) atoms. The third-order valence-electron chi connectivity index (χ3n) is 5.89. The molecule has 0 spiro atoms. The van der Waals surface area contributed by atoms with Crippen LogP contribution in [0.5, 0.6) is 17.2 Å². The van der Waals surface area contributed by atoms with Crippen LogP contribution in [-0.2, 0) is 0 Å². The number of nitrogens with zero attached hydrogens (tertiary/aromatic N) is 1. The Kier molecular flexibility index (Phi) is 10.3. The molecule has 188 valence electrons. The lowest BCUT2D eigenvalue weighted by molar-refractivity contribution is 0.104. The number of carbonyl (C=O) groups excluding carboxylic acids is 1. The Morgan fingerprint density at radius 3 is 2.28 bits per heavy atom. The molecule has 0 heterocycles. The number of ketones is 1. The lowest BCUT2D eigenvalue weighted by atomic mass is 10.1. The van der Waals surface area contributed by atoms with Gasteiger partial charge in [-0.15, -0.1) is 0 Å². The van der Waals surface area contributed by atoms with Gasteiger partial charge in [0, 0.05) is 22.9 Å². The molecule has 0 atom stereocenters. The molecule has 0 unspecified atom stereocenters. The van der Waals surface area contributed by atoms with Crippen LogP contribution in [0.3, 0.4) is 0 Å². The summed E-state index contributed by atoms with van der Waals surface area (Å²) in [6, 6.07) is 19.1. The van der Waals surface area contributed by atoms with Crippen molar-refractivity contribution in [3.63, 3.8) is 0 Å². The Bertz CT molecular complexity index is 1180. The zero-order valence-corrected chi connectivity index (χ0v) is 21.1. The zero-order valence-electron chi connectivity index (χ0n) is 21.1. The highest BCUT2D eigenvalue weighted by atomic mass is 16.5. The minimum atomic E-state index is -0.0955. The molecule has 5 nitrogen and oxygen atoms in total. The van der Waals surface area contributed by atoms with Crippen LogP contribution in [0.25, 0.3) is 6.08 Å². The number of ether oxygens (including phenoxy) is 1. The van der Waals surface area contributed by atoms with Gasteiger partial charge in [-0.2, -0.15) is 0 Å². The van der Waals surface area contributed by atoms with E-state index >= 15 is 0 Å². The largest absolute Gasteiger partial charge is 0.508 e. The van der Waals surface area contributed by atoms with Crippen molar-refractivity contribution in [2.45, 2.75) is 52.4 Å². The van der Waals surface area contributed by atoms with Gasteiger partial charge in [-0.3, -0.25) is 9.79 Å². The Labute approximate surface area is 213 Å². The third kappa shape index (κ3) is 8.42. The fraction of sp³-hybridized carbons (Fsp3) is 0.290. The number of phenolic OH excluding ortho intramolecular Hbond substituents is 2. The van der Waals surface area contributed by atoms with E-state index < -0.39 is 0 Å². The maximum Gasteiger partial charge on any atom is 0.185 e. The van der Waals surface area contributed by atoms with Crippen molar-refractivity contribution in [3.05, 3.63) is 89.5 Å². The summed E-state index contributed by atoms with van der Waals surface area (Å²) in [4.78, 5) is 17.1. The Morgan fingerprint density at radius 1 is 0.889 bits per heavy atom. The van der Waals surface area contributed by atoms with Crippen LogP contribution in [0.15, 0.2) is 77.8 Å². The fourth-order valence-electron chi connectivity index (χ4n) is 3.80. The van der Waals surface area contributed by atoms with E-state index in [9.17, 15) is 15.0 Å². The summed E-state index contributed by atoms with van der Waals surface area (Å²) >= 11 is 0.